The van der Waals surface area contributed by atoms with Crippen molar-refractivity contribution in [3.05, 3.63) is 69.6 Å². The summed E-state index contributed by atoms with van der Waals surface area (Å²) < 4.78 is 1.84. The van der Waals surface area contributed by atoms with Crippen LogP contribution in [0.2, 0.25) is 0 Å². The second-order valence-electron chi connectivity index (χ2n) is 6.07. The molecule has 0 spiro atoms. The summed E-state index contributed by atoms with van der Waals surface area (Å²) in [5.74, 6) is 1.54. The van der Waals surface area contributed by atoms with Crippen LogP contribution in [0.4, 0.5) is 5.95 Å². The fraction of sp³-hybridized carbons (Fsp3) is 0.211. The number of allylic oxidation sites excluding steroid dienone is 2. The van der Waals surface area contributed by atoms with Gasteiger partial charge in [-0.05, 0) is 30.9 Å². The van der Waals surface area contributed by atoms with Gasteiger partial charge in [0.05, 0.1) is 0 Å². The number of Topliss-reactive ketones (excluding diaryl/α,β-unsaturated/α-hetero) is 1. The molecule has 1 aliphatic heterocycles. The van der Waals surface area contributed by atoms with Crippen LogP contribution in [0, 0.1) is 0 Å². The SMILES string of the molecule is CC(=O)C1=C(C)Nc2nc(SCc3ccccc3)nn2C1c1cccs1. The molecule has 0 aliphatic carbocycles. The smallest absolute Gasteiger partial charge is 0.227 e. The van der Waals surface area contributed by atoms with E-state index in [2.05, 4.69) is 22.4 Å². The van der Waals surface area contributed by atoms with E-state index in [1.54, 1.807) is 30.0 Å². The van der Waals surface area contributed by atoms with E-state index in [0.29, 0.717) is 11.1 Å². The number of fused-ring (bicyclic) bond motifs is 1. The van der Waals surface area contributed by atoms with E-state index < -0.39 is 0 Å². The molecule has 1 atom stereocenters. The Labute approximate surface area is 160 Å². The number of carbonyl (C=O) groups excluding carboxylic acids is 1. The number of nitrogens with one attached hydrogen (secondary N) is 1. The molecule has 0 fully saturated rings. The van der Waals surface area contributed by atoms with Gasteiger partial charge in [-0.25, -0.2) is 4.68 Å². The van der Waals surface area contributed by atoms with E-state index in [4.69, 9.17) is 5.10 Å². The minimum absolute atomic E-state index is 0.0491. The summed E-state index contributed by atoms with van der Waals surface area (Å²) >= 11 is 3.22. The van der Waals surface area contributed by atoms with Crippen molar-refractivity contribution in [3.8, 4) is 0 Å². The molecule has 4 rings (SSSR count). The second-order valence-corrected chi connectivity index (χ2v) is 8.00. The van der Waals surface area contributed by atoms with Gasteiger partial charge in [-0.3, -0.25) is 4.79 Å². The Kier molecular flexibility index (Phi) is 4.65. The van der Waals surface area contributed by atoms with Gasteiger partial charge in [0.25, 0.3) is 0 Å². The number of benzene rings is 1. The van der Waals surface area contributed by atoms with Gasteiger partial charge in [0.15, 0.2) is 5.78 Å². The van der Waals surface area contributed by atoms with E-state index >= 15 is 0 Å². The van der Waals surface area contributed by atoms with E-state index in [1.807, 2.05) is 47.3 Å². The average molecular weight is 383 g/mol. The minimum atomic E-state index is -0.220. The number of thiophene rings is 1. The molecule has 5 nitrogen and oxygen atoms in total. The van der Waals surface area contributed by atoms with Crippen molar-refractivity contribution in [3.63, 3.8) is 0 Å². The number of thioether (sulfide) groups is 1. The van der Waals surface area contributed by atoms with Gasteiger partial charge in [-0.15, -0.1) is 16.4 Å². The predicted octanol–water partition coefficient (Wildman–Crippen LogP) is 4.51. The van der Waals surface area contributed by atoms with Crippen molar-refractivity contribution in [2.75, 3.05) is 5.32 Å². The van der Waals surface area contributed by atoms with Crippen LogP contribution in [-0.4, -0.2) is 20.5 Å². The average Bonchev–Trinajstić information content (AvgIpc) is 3.29. The van der Waals surface area contributed by atoms with Crippen LogP contribution in [-0.2, 0) is 10.5 Å². The Morgan fingerprint density at radius 3 is 2.77 bits per heavy atom. The van der Waals surface area contributed by atoms with Crippen LogP contribution in [0.25, 0.3) is 0 Å². The Morgan fingerprint density at radius 2 is 2.08 bits per heavy atom. The Balaban J connectivity index is 1.67. The van der Waals surface area contributed by atoms with Crippen molar-refractivity contribution < 1.29 is 4.79 Å². The molecule has 1 N–H and O–H groups in total. The molecular weight excluding hydrogens is 364 g/mol. The lowest BCUT2D eigenvalue weighted by molar-refractivity contribution is -0.114. The maximum Gasteiger partial charge on any atom is 0.227 e. The van der Waals surface area contributed by atoms with E-state index in [-0.39, 0.29) is 11.8 Å². The summed E-state index contributed by atoms with van der Waals surface area (Å²) in [5.41, 5.74) is 2.81. The standard InChI is InChI=1S/C19H18N4OS2/c1-12-16(13(2)24)17(15-9-6-10-25-15)23-18(20-12)21-19(22-23)26-11-14-7-4-3-5-8-14/h3-10,17H,11H2,1-2H3,(H,20,21,22). The molecule has 1 aromatic carbocycles. The molecule has 1 aliphatic rings. The number of ketones is 1. The molecule has 3 heterocycles. The van der Waals surface area contributed by atoms with E-state index in [0.717, 1.165) is 21.9 Å². The first-order valence-electron chi connectivity index (χ1n) is 8.29. The number of carbonyl (C=O) groups is 1. The summed E-state index contributed by atoms with van der Waals surface area (Å²) in [6, 6.07) is 14.1. The maximum absolute atomic E-state index is 12.3. The van der Waals surface area contributed by atoms with E-state index in [9.17, 15) is 4.79 Å². The van der Waals surface area contributed by atoms with Gasteiger partial charge < -0.3 is 5.32 Å². The maximum atomic E-state index is 12.3. The van der Waals surface area contributed by atoms with Crippen molar-refractivity contribution in [2.45, 2.75) is 30.8 Å². The lowest BCUT2D eigenvalue weighted by Crippen LogP contribution is -2.27. The minimum Gasteiger partial charge on any atom is -0.328 e. The van der Waals surface area contributed by atoms with Crippen LogP contribution in [0.3, 0.4) is 0 Å². The zero-order valence-corrected chi connectivity index (χ0v) is 16.1. The zero-order chi connectivity index (χ0) is 18.1. The van der Waals surface area contributed by atoms with Crippen molar-refractivity contribution in [2.24, 2.45) is 0 Å². The van der Waals surface area contributed by atoms with Crippen LogP contribution in [0.5, 0.6) is 0 Å². The van der Waals surface area contributed by atoms with Crippen molar-refractivity contribution in [1.29, 1.82) is 0 Å². The molecule has 0 saturated carbocycles. The highest BCUT2D eigenvalue weighted by atomic mass is 32.2. The number of hydrogen-bond acceptors (Lipinski definition) is 6. The molecule has 132 valence electrons. The number of hydrogen-bond donors (Lipinski definition) is 1. The highest BCUT2D eigenvalue weighted by Gasteiger charge is 2.33. The van der Waals surface area contributed by atoms with Crippen LogP contribution in [0.15, 0.2) is 64.3 Å². The normalized spacial score (nSPS) is 16.3. The highest BCUT2D eigenvalue weighted by molar-refractivity contribution is 7.98. The van der Waals surface area contributed by atoms with E-state index in [1.165, 1.54) is 5.56 Å². The molecule has 0 bridgehead atoms. The van der Waals surface area contributed by atoms with Gasteiger partial charge >= 0.3 is 0 Å². The van der Waals surface area contributed by atoms with Crippen LogP contribution >= 0.6 is 23.1 Å². The lowest BCUT2D eigenvalue weighted by Gasteiger charge is -2.26. The number of nitrogens with zero attached hydrogens (tertiary/aromatic N) is 3. The summed E-state index contributed by atoms with van der Waals surface area (Å²) in [6.07, 6.45) is 0. The molecule has 7 heteroatoms. The van der Waals surface area contributed by atoms with Crippen LogP contribution < -0.4 is 5.32 Å². The van der Waals surface area contributed by atoms with Gasteiger partial charge in [-0.2, -0.15) is 4.98 Å². The summed E-state index contributed by atoms with van der Waals surface area (Å²) in [5, 5.41) is 10.7. The number of aromatic nitrogens is 3. The molecular formula is C19H18N4OS2. The fourth-order valence-corrected chi connectivity index (χ4v) is 4.68. The summed E-state index contributed by atoms with van der Waals surface area (Å²) in [6.45, 7) is 3.53. The van der Waals surface area contributed by atoms with Crippen LogP contribution in [0.1, 0.15) is 30.3 Å². The van der Waals surface area contributed by atoms with Gasteiger partial charge in [0.2, 0.25) is 11.1 Å². The Morgan fingerprint density at radius 1 is 1.27 bits per heavy atom. The molecule has 0 saturated heterocycles. The second kappa shape index (κ2) is 7.09. The highest BCUT2D eigenvalue weighted by Crippen LogP contribution is 2.38. The molecule has 0 radical (unpaired) electrons. The third-order valence-corrected chi connectivity index (χ3v) is 6.07. The molecule has 26 heavy (non-hydrogen) atoms. The lowest BCUT2D eigenvalue weighted by atomic mass is 9.98. The molecule has 0 amide bonds. The summed E-state index contributed by atoms with van der Waals surface area (Å²) in [7, 11) is 0. The third kappa shape index (κ3) is 3.20. The Hall–Kier alpha value is -2.38. The number of rotatable bonds is 5. The molecule has 2 aromatic heterocycles. The first kappa shape index (κ1) is 17.1. The molecule has 1 unspecified atom stereocenters. The largest absolute Gasteiger partial charge is 0.328 e. The molecule has 3 aromatic rings. The first-order valence-corrected chi connectivity index (χ1v) is 10.2. The van der Waals surface area contributed by atoms with Gasteiger partial charge in [0, 0.05) is 21.9 Å². The van der Waals surface area contributed by atoms with Crippen molar-refractivity contribution in [1.82, 2.24) is 14.8 Å². The predicted molar refractivity (Wildman–Crippen MR) is 105 cm³/mol. The van der Waals surface area contributed by atoms with Gasteiger partial charge in [-0.1, -0.05) is 48.2 Å². The summed E-state index contributed by atoms with van der Waals surface area (Å²) in [4.78, 5) is 18.0. The fourth-order valence-electron chi connectivity index (χ4n) is 3.08. The van der Waals surface area contributed by atoms with Crippen molar-refractivity contribution >= 4 is 34.8 Å². The number of anilines is 1. The third-order valence-electron chi connectivity index (χ3n) is 4.24. The zero-order valence-electron chi connectivity index (χ0n) is 14.5. The monoisotopic (exact) mass is 382 g/mol. The topological polar surface area (TPSA) is 59.8 Å². The quantitative estimate of drug-likeness (QED) is 0.658. The first-order chi connectivity index (χ1) is 12.6. The Bertz CT molecular complexity index is 961. The van der Waals surface area contributed by atoms with Gasteiger partial charge in [0.1, 0.15) is 6.04 Å².